The molecule has 0 bridgehead atoms. The molecular formula is C21H16Cl3NO2S. The average molecular weight is 453 g/mol. The van der Waals surface area contributed by atoms with Gasteiger partial charge in [0.25, 0.3) is 5.91 Å². The second-order valence-corrected chi connectivity index (χ2v) is 8.18. The Labute approximate surface area is 182 Å². The van der Waals surface area contributed by atoms with Crippen LogP contribution in [0.25, 0.3) is 0 Å². The van der Waals surface area contributed by atoms with Gasteiger partial charge in [0.15, 0.2) is 0 Å². The first-order valence-electron chi connectivity index (χ1n) is 8.28. The van der Waals surface area contributed by atoms with E-state index in [2.05, 4.69) is 5.32 Å². The van der Waals surface area contributed by atoms with Crippen LogP contribution in [0, 0.1) is 0 Å². The summed E-state index contributed by atoms with van der Waals surface area (Å²) in [6.45, 7) is 0. The number of thioether (sulfide) groups is 1. The standard InChI is InChI=1S/C21H16Cl3NO2S/c1-27-20-9-2-13(21(26)25-19-11-16(23)5-8-18(19)24)10-14(20)12-28-17-6-3-15(22)4-7-17/h2-11H,12H2,1H3,(H,25,26). The number of hydrogen-bond donors (Lipinski definition) is 1. The van der Waals surface area contributed by atoms with Crippen LogP contribution >= 0.6 is 46.6 Å². The molecule has 0 aliphatic heterocycles. The number of nitrogens with one attached hydrogen (secondary N) is 1. The number of carbonyl (C=O) groups excluding carboxylic acids is 1. The molecule has 144 valence electrons. The lowest BCUT2D eigenvalue weighted by atomic mass is 10.1. The number of ether oxygens (including phenoxy) is 1. The molecule has 0 saturated carbocycles. The molecule has 0 fully saturated rings. The summed E-state index contributed by atoms with van der Waals surface area (Å²) in [6.07, 6.45) is 0. The van der Waals surface area contributed by atoms with Crippen molar-refractivity contribution in [2.45, 2.75) is 10.6 Å². The summed E-state index contributed by atoms with van der Waals surface area (Å²) < 4.78 is 5.44. The van der Waals surface area contributed by atoms with Gasteiger partial charge in [-0.15, -0.1) is 11.8 Å². The number of benzene rings is 3. The summed E-state index contributed by atoms with van der Waals surface area (Å²) in [4.78, 5) is 13.7. The van der Waals surface area contributed by atoms with Crippen molar-refractivity contribution in [2.75, 3.05) is 12.4 Å². The van der Waals surface area contributed by atoms with Gasteiger partial charge in [-0.05, 0) is 60.7 Å². The molecule has 0 unspecified atom stereocenters. The van der Waals surface area contributed by atoms with E-state index in [1.54, 1.807) is 49.2 Å². The van der Waals surface area contributed by atoms with Gasteiger partial charge in [-0.25, -0.2) is 0 Å². The molecule has 1 N–H and O–H groups in total. The molecule has 28 heavy (non-hydrogen) atoms. The predicted molar refractivity (Wildman–Crippen MR) is 118 cm³/mol. The van der Waals surface area contributed by atoms with E-state index in [1.807, 2.05) is 30.3 Å². The van der Waals surface area contributed by atoms with Crippen molar-refractivity contribution in [3.8, 4) is 5.75 Å². The van der Waals surface area contributed by atoms with Crippen molar-refractivity contribution < 1.29 is 9.53 Å². The number of amides is 1. The van der Waals surface area contributed by atoms with Crippen LogP contribution in [0.15, 0.2) is 65.6 Å². The first kappa shape index (κ1) is 20.9. The van der Waals surface area contributed by atoms with Crippen LogP contribution < -0.4 is 10.1 Å². The van der Waals surface area contributed by atoms with Crippen LogP contribution in [-0.2, 0) is 5.75 Å². The van der Waals surface area contributed by atoms with Crippen molar-refractivity contribution in [3.63, 3.8) is 0 Å². The minimum Gasteiger partial charge on any atom is -0.496 e. The highest BCUT2D eigenvalue weighted by Crippen LogP contribution is 2.30. The van der Waals surface area contributed by atoms with E-state index < -0.39 is 0 Å². The number of rotatable bonds is 6. The van der Waals surface area contributed by atoms with Crippen molar-refractivity contribution in [2.24, 2.45) is 0 Å². The smallest absolute Gasteiger partial charge is 0.255 e. The Hall–Kier alpha value is -1.85. The summed E-state index contributed by atoms with van der Waals surface area (Å²) in [6, 6.07) is 17.8. The summed E-state index contributed by atoms with van der Waals surface area (Å²) in [5.74, 6) is 1.09. The number of anilines is 1. The van der Waals surface area contributed by atoms with Crippen LogP contribution in [0.3, 0.4) is 0 Å². The first-order chi connectivity index (χ1) is 13.5. The largest absolute Gasteiger partial charge is 0.496 e. The van der Waals surface area contributed by atoms with Crippen LogP contribution in [-0.4, -0.2) is 13.0 Å². The fourth-order valence-corrected chi connectivity index (χ4v) is 3.85. The minimum atomic E-state index is -0.274. The molecule has 0 heterocycles. The number of carbonyl (C=O) groups is 1. The molecule has 0 atom stereocenters. The fourth-order valence-electron chi connectivity index (χ4n) is 2.51. The summed E-state index contributed by atoms with van der Waals surface area (Å²) >= 11 is 19.7. The number of hydrogen-bond acceptors (Lipinski definition) is 3. The molecule has 1 amide bonds. The van der Waals surface area contributed by atoms with Crippen molar-refractivity contribution in [1.29, 1.82) is 0 Å². The Kier molecular flexibility index (Phi) is 7.13. The summed E-state index contributed by atoms with van der Waals surface area (Å²) in [5.41, 5.74) is 1.88. The highest BCUT2D eigenvalue weighted by Gasteiger charge is 2.13. The lowest BCUT2D eigenvalue weighted by molar-refractivity contribution is 0.102. The second kappa shape index (κ2) is 9.57. The average Bonchev–Trinajstić information content (AvgIpc) is 2.70. The van der Waals surface area contributed by atoms with E-state index in [9.17, 15) is 4.79 Å². The maximum atomic E-state index is 12.7. The van der Waals surface area contributed by atoms with Crippen LogP contribution in [0.1, 0.15) is 15.9 Å². The molecule has 0 aromatic heterocycles. The Balaban J connectivity index is 1.78. The Morgan fingerprint density at radius 3 is 2.39 bits per heavy atom. The van der Waals surface area contributed by atoms with E-state index in [0.29, 0.717) is 32.1 Å². The van der Waals surface area contributed by atoms with Gasteiger partial charge >= 0.3 is 0 Å². The predicted octanol–water partition coefficient (Wildman–Crippen LogP) is 7.20. The van der Waals surface area contributed by atoms with Gasteiger partial charge in [0, 0.05) is 31.8 Å². The van der Waals surface area contributed by atoms with E-state index in [1.165, 1.54) is 0 Å². The molecule has 0 saturated heterocycles. The van der Waals surface area contributed by atoms with Gasteiger partial charge in [-0.1, -0.05) is 34.8 Å². The SMILES string of the molecule is COc1ccc(C(=O)Nc2cc(Cl)ccc2Cl)cc1CSc1ccc(Cl)cc1. The lowest BCUT2D eigenvalue weighted by Gasteiger charge is -2.12. The molecule has 0 aliphatic carbocycles. The zero-order valence-corrected chi connectivity index (χ0v) is 17.9. The molecule has 3 aromatic rings. The zero-order valence-electron chi connectivity index (χ0n) is 14.8. The molecule has 0 aliphatic rings. The van der Waals surface area contributed by atoms with Gasteiger partial charge in [0.1, 0.15) is 5.75 Å². The summed E-state index contributed by atoms with van der Waals surface area (Å²) in [5, 5.41) is 4.41. The molecule has 3 nitrogen and oxygen atoms in total. The first-order valence-corrected chi connectivity index (χ1v) is 10.4. The normalized spacial score (nSPS) is 10.6. The number of methoxy groups -OCH3 is 1. The van der Waals surface area contributed by atoms with Gasteiger partial charge in [-0.2, -0.15) is 0 Å². The van der Waals surface area contributed by atoms with Gasteiger partial charge < -0.3 is 10.1 Å². The Bertz CT molecular complexity index is 993. The highest BCUT2D eigenvalue weighted by atomic mass is 35.5. The van der Waals surface area contributed by atoms with Crippen molar-refractivity contribution in [3.05, 3.63) is 86.9 Å². The minimum absolute atomic E-state index is 0.274. The monoisotopic (exact) mass is 451 g/mol. The van der Waals surface area contributed by atoms with E-state index in [-0.39, 0.29) is 5.91 Å². The van der Waals surface area contributed by atoms with E-state index in [0.717, 1.165) is 16.2 Å². The zero-order chi connectivity index (χ0) is 20.1. The molecule has 3 rings (SSSR count). The topological polar surface area (TPSA) is 38.3 Å². The van der Waals surface area contributed by atoms with Gasteiger partial charge in [-0.3, -0.25) is 4.79 Å². The quantitative estimate of drug-likeness (QED) is 0.402. The maximum absolute atomic E-state index is 12.7. The van der Waals surface area contributed by atoms with Crippen molar-refractivity contribution >= 4 is 58.2 Å². The molecule has 0 spiro atoms. The molecule has 7 heteroatoms. The van der Waals surface area contributed by atoms with Gasteiger partial charge in [0.05, 0.1) is 17.8 Å². The van der Waals surface area contributed by atoms with Crippen LogP contribution in [0.4, 0.5) is 5.69 Å². The lowest BCUT2D eigenvalue weighted by Crippen LogP contribution is -2.12. The Morgan fingerprint density at radius 1 is 0.964 bits per heavy atom. The third-order valence-corrected chi connectivity index (χ3v) is 5.80. The molecule has 3 aromatic carbocycles. The Morgan fingerprint density at radius 2 is 1.68 bits per heavy atom. The number of halogens is 3. The third-order valence-electron chi connectivity index (χ3n) is 3.93. The maximum Gasteiger partial charge on any atom is 0.255 e. The van der Waals surface area contributed by atoms with Crippen LogP contribution in [0.5, 0.6) is 5.75 Å². The molecule has 0 radical (unpaired) electrons. The third kappa shape index (κ3) is 5.36. The van der Waals surface area contributed by atoms with Gasteiger partial charge in [0.2, 0.25) is 0 Å². The van der Waals surface area contributed by atoms with E-state index in [4.69, 9.17) is 39.5 Å². The molecular weight excluding hydrogens is 437 g/mol. The van der Waals surface area contributed by atoms with Crippen molar-refractivity contribution in [1.82, 2.24) is 0 Å². The van der Waals surface area contributed by atoms with Crippen LogP contribution in [0.2, 0.25) is 15.1 Å². The fraction of sp³-hybridized carbons (Fsp3) is 0.0952. The summed E-state index contributed by atoms with van der Waals surface area (Å²) in [7, 11) is 1.61. The highest BCUT2D eigenvalue weighted by molar-refractivity contribution is 7.98. The van der Waals surface area contributed by atoms with E-state index >= 15 is 0 Å². The second-order valence-electron chi connectivity index (χ2n) is 5.85.